The van der Waals surface area contributed by atoms with Gasteiger partial charge in [0.25, 0.3) is 5.91 Å². The van der Waals surface area contributed by atoms with Gasteiger partial charge in [0.2, 0.25) is 5.43 Å². The van der Waals surface area contributed by atoms with Crippen molar-refractivity contribution in [1.82, 2.24) is 14.8 Å². The third-order valence-corrected chi connectivity index (χ3v) is 8.13. The lowest BCUT2D eigenvalue weighted by atomic mass is 10.1. The number of likely N-dealkylation sites (N-methyl/N-ethyl adjacent to an activating group) is 1. The third-order valence-electron chi connectivity index (χ3n) is 6.67. The zero-order valence-electron chi connectivity index (χ0n) is 23.4. The molecule has 4 rings (SSSR count). The summed E-state index contributed by atoms with van der Waals surface area (Å²) in [6.45, 7) is 2.22. The standard InChI is InChI=1S/C30H35ClN4O5S/c1-34(16-25(36)20-5-4-6-22(32)13-20)17-26-24(18-40-12-11-39-3)27-29(41-26)28(37)23(15-35(27)2)30(38)33-14-19-7-9-21(31)10-8-19/h4-10,13,15,25,36H,11-12,14,16-18,32H2,1-3H3,(H,33,38). The monoisotopic (exact) mass is 598 g/mol. The molecule has 1 atom stereocenters. The highest BCUT2D eigenvalue weighted by Crippen LogP contribution is 2.31. The second kappa shape index (κ2) is 14.1. The predicted octanol–water partition coefficient (Wildman–Crippen LogP) is 4.09. The van der Waals surface area contributed by atoms with E-state index in [0.29, 0.717) is 41.7 Å². The van der Waals surface area contributed by atoms with Crippen LogP contribution in [-0.2, 0) is 36.2 Å². The molecule has 0 saturated heterocycles. The number of ether oxygens (including phenoxy) is 2. The zero-order valence-corrected chi connectivity index (χ0v) is 24.9. The molecule has 0 saturated carbocycles. The van der Waals surface area contributed by atoms with Gasteiger partial charge in [-0.25, -0.2) is 0 Å². The van der Waals surface area contributed by atoms with Crippen molar-refractivity contribution in [2.24, 2.45) is 7.05 Å². The minimum absolute atomic E-state index is 0.0686. The molecule has 41 heavy (non-hydrogen) atoms. The molecule has 0 radical (unpaired) electrons. The molecule has 0 aliphatic heterocycles. The molecular formula is C30H35ClN4O5S. The van der Waals surface area contributed by atoms with Gasteiger partial charge in [-0.05, 0) is 42.4 Å². The number of thiophene rings is 1. The van der Waals surface area contributed by atoms with Crippen LogP contribution in [0.4, 0.5) is 5.69 Å². The molecule has 1 unspecified atom stereocenters. The number of aliphatic hydroxyl groups is 1. The number of anilines is 1. The van der Waals surface area contributed by atoms with E-state index in [9.17, 15) is 14.7 Å². The summed E-state index contributed by atoms with van der Waals surface area (Å²) >= 11 is 7.30. The summed E-state index contributed by atoms with van der Waals surface area (Å²) in [7, 11) is 5.34. The fourth-order valence-corrected chi connectivity index (χ4v) is 6.08. The van der Waals surface area contributed by atoms with E-state index in [1.807, 2.05) is 47.8 Å². The maximum atomic E-state index is 13.6. The van der Waals surface area contributed by atoms with Gasteiger partial charge in [0.1, 0.15) is 5.56 Å². The average Bonchev–Trinajstić information content (AvgIpc) is 3.31. The van der Waals surface area contributed by atoms with E-state index >= 15 is 0 Å². The molecule has 2 heterocycles. The molecule has 9 nitrogen and oxygen atoms in total. The number of aliphatic hydroxyl groups excluding tert-OH is 1. The fraction of sp³-hybridized carbons (Fsp3) is 0.333. The van der Waals surface area contributed by atoms with Crippen molar-refractivity contribution in [1.29, 1.82) is 0 Å². The number of halogens is 1. The Hall–Kier alpha value is -3.25. The number of nitrogen functional groups attached to an aromatic ring is 1. The van der Waals surface area contributed by atoms with Gasteiger partial charge in [0, 0.05) is 61.1 Å². The summed E-state index contributed by atoms with van der Waals surface area (Å²) in [6, 6.07) is 14.3. The molecule has 218 valence electrons. The summed E-state index contributed by atoms with van der Waals surface area (Å²) in [5.74, 6) is -0.447. The number of aromatic nitrogens is 1. The second-order valence-corrected chi connectivity index (χ2v) is 11.4. The zero-order chi connectivity index (χ0) is 29.5. The van der Waals surface area contributed by atoms with Gasteiger partial charge in [0.05, 0.1) is 36.1 Å². The van der Waals surface area contributed by atoms with E-state index in [1.165, 1.54) is 11.3 Å². The molecule has 2 aromatic heterocycles. The number of nitrogens with two attached hydrogens (primary N) is 1. The van der Waals surface area contributed by atoms with Crippen molar-refractivity contribution >= 4 is 44.7 Å². The van der Waals surface area contributed by atoms with Crippen LogP contribution in [0.3, 0.4) is 0 Å². The molecule has 0 fully saturated rings. The lowest BCUT2D eigenvalue weighted by molar-refractivity contribution is 0.0615. The number of amides is 1. The van der Waals surface area contributed by atoms with E-state index in [0.717, 1.165) is 27.1 Å². The average molecular weight is 599 g/mol. The number of hydrogen-bond donors (Lipinski definition) is 3. The Kier molecular flexibility index (Phi) is 10.5. The smallest absolute Gasteiger partial charge is 0.257 e. The van der Waals surface area contributed by atoms with Crippen molar-refractivity contribution in [2.45, 2.75) is 25.8 Å². The van der Waals surface area contributed by atoms with E-state index in [1.54, 1.807) is 37.6 Å². The normalized spacial score (nSPS) is 12.2. The van der Waals surface area contributed by atoms with Gasteiger partial charge in [-0.15, -0.1) is 11.3 Å². The Labute approximate surface area is 248 Å². The molecule has 2 aromatic carbocycles. The van der Waals surface area contributed by atoms with E-state index in [-0.39, 0.29) is 24.1 Å². The van der Waals surface area contributed by atoms with Crippen LogP contribution < -0.4 is 16.5 Å². The first-order chi connectivity index (χ1) is 19.7. The maximum absolute atomic E-state index is 13.6. The lowest BCUT2D eigenvalue weighted by Crippen LogP contribution is -2.29. The highest BCUT2D eigenvalue weighted by Gasteiger charge is 2.23. The van der Waals surface area contributed by atoms with Crippen molar-refractivity contribution in [3.05, 3.63) is 97.1 Å². The topological polar surface area (TPSA) is 119 Å². The minimum Gasteiger partial charge on any atom is -0.399 e. The number of carbonyl (C=O) groups is 1. The van der Waals surface area contributed by atoms with Crippen LogP contribution in [0, 0.1) is 0 Å². The lowest BCUT2D eigenvalue weighted by Gasteiger charge is -2.21. The van der Waals surface area contributed by atoms with Crippen molar-refractivity contribution in [3.63, 3.8) is 0 Å². The predicted molar refractivity (Wildman–Crippen MR) is 163 cm³/mol. The molecular weight excluding hydrogens is 564 g/mol. The van der Waals surface area contributed by atoms with Crippen molar-refractivity contribution < 1.29 is 19.4 Å². The first-order valence-corrected chi connectivity index (χ1v) is 14.3. The number of carbonyl (C=O) groups excluding carboxylic acids is 1. The highest BCUT2D eigenvalue weighted by atomic mass is 35.5. The largest absolute Gasteiger partial charge is 0.399 e. The number of nitrogens with one attached hydrogen (secondary N) is 1. The van der Waals surface area contributed by atoms with Crippen LogP contribution in [0.25, 0.3) is 10.2 Å². The number of rotatable bonds is 13. The molecule has 4 aromatic rings. The highest BCUT2D eigenvalue weighted by molar-refractivity contribution is 7.19. The summed E-state index contributed by atoms with van der Waals surface area (Å²) in [4.78, 5) is 29.6. The van der Waals surface area contributed by atoms with Crippen LogP contribution in [-0.4, -0.2) is 54.4 Å². The Morgan fingerprint density at radius 3 is 2.68 bits per heavy atom. The van der Waals surface area contributed by atoms with Crippen LogP contribution in [0.15, 0.2) is 59.5 Å². The fourth-order valence-electron chi connectivity index (χ4n) is 4.58. The molecule has 0 aliphatic carbocycles. The Bertz CT molecular complexity index is 1550. The third kappa shape index (κ3) is 7.73. The number of aryl methyl sites for hydroxylation is 1. The molecule has 0 aliphatic rings. The molecule has 11 heteroatoms. The SMILES string of the molecule is COCCOCc1c(CN(C)CC(O)c2cccc(N)c2)sc2c(=O)c(C(=O)NCc3ccc(Cl)cc3)cn(C)c12. The second-order valence-electron chi connectivity index (χ2n) is 9.90. The molecule has 1 amide bonds. The first-order valence-electron chi connectivity index (χ1n) is 13.1. The Morgan fingerprint density at radius 1 is 1.22 bits per heavy atom. The van der Waals surface area contributed by atoms with Crippen molar-refractivity contribution in [2.75, 3.05) is 39.6 Å². The van der Waals surface area contributed by atoms with Gasteiger partial charge < -0.3 is 30.2 Å². The number of benzene rings is 2. The number of fused-ring (bicyclic) bond motifs is 1. The van der Waals surface area contributed by atoms with Gasteiger partial charge in [-0.3, -0.25) is 14.5 Å². The van der Waals surface area contributed by atoms with Crippen LogP contribution in [0.1, 0.15) is 38.0 Å². The first kappa shape index (κ1) is 30.7. The van der Waals surface area contributed by atoms with Gasteiger partial charge in [0.15, 0.2) is 0 Å². The molecule has 0 bridgehead atoms. The summed E-state index contributed by atoms with van der Waals surface area (Å²) in [5.41, 5.74) is 9.43. The van der Waals surface area contributed by atoms with Crippen molar-refractivity contribution in [3.8, 4) is 0 Å². The Balaban J connectivity index is 1.60. The van der Waals surface area contributed by atoms with Crippen LogP contribution >= 0.6 is 22.9 Å². The summed E-state index contributed by atoms with van der Waals surface area (Å²) in [5, 5.41) is 14.2. The van der Waals surface area contributed by atoms with Gasteiger partial charge in [-0.1, -0.05) is 35.9 Å². The van der Waals surface area contributed by atoms with Crippen LogP contribution in [0.5, 0.6) is 0 Å². The minimum atomic E-state index is -0.735. The summed E-state index contributed by atoms with van der Waals surface area (Å²) in [6.07, 6.45) is 0.839. The summed E-state index contributed by atoms with van der Waals surface area (Å²) < 4.78 is 13.3. The van der Waals surface area contributed by atoms with E-state index in [2.05, 4.69) is 5.32 Å². The van der Waals surface area contributed by atoms with Gasteiger partial charge in [-0.2, -0.15) is 0 Å². The maximum Gasteiger partial charge on any atom is 0.257 e. The number of nitrogens with zero attached hydrogens (tertiary/aromatic N) is 2. The molecule has 0 spiro atoms. The quantitative estimate of drug-likeness (QED) is 0.157. The number of pyridine rings is 1. The van der Waals surface area contributed by atoms with Gasteiger partial charge >= 0.3 is 0 Å². The Morgan fingerprint density at radius 2 is 1.98 bits per heavy atom. The van der Waals surface area contributed by atoms with E-state index in [4.69, 9.17) is 26.8 Å². The van der Waals surface area contributed by atoms with E-state index < -0.39 is 12.0 Å². The number of methoxy groups -OCH3 is 1. The van der Waals surface area contributed by atoms with Crippen LogP contribution in [0.2, 0.25) is 5.02 Å². The molecule has 4 N–H and O–H groups in total. The number of hydrogen-bond acceptors (Lipinski definition) is 8.